The van der Waals surface area contributed by atoms with Crippen LogP contribution in [-0.2, 0) is 0 Å². The number of aryl methyl sites for hydroxylation is 1. The zero-order valence-electron chi connectivity index (χ0n) is 18.2. The molecular weight excluding hydrogens is 410 g/mol. The van der Waals surface area contributed by atoms with Crippen LogP contribution in [0.4, 0.5) is 11.6 Å². The molecule has 0 atom stereocenters. The fraction of sp³-hybridized carbons (Fsp3) is 0.174. The summed E-state index contributed by atoms with van der Waals surface area (Å²) in [5.74, 6) is 0.516. The first-order valence-corrected chi connectivity index (χ1v) is 9.84. The molecule has 9 heteroatoms. The minimum Gasteiger partial charge on any atom is -0.497 e. The molecule has 32 heavy (non-hydrogen) atoms. The van der Waals surface area contributed by atoms with Crippen LogP contribution in [0.3, 0.4) is 0 Å². The average molecular weight is 433 g/mol. The van der Waals surface area contributed by atoms with Gasteiger partial charge in [0.15, 0.2) is 0 Å². The van der Waals surface area contributed by atoms with Gasteiger partial charge in [-0.3, -0.25) is 4.79 Å². The number of nitrogens with two attached hydrogens (primary N) is 1. The average Bonchev–Trinajstić information content (AvgIpc) is 3.32. The monoisotopic (exact) mass is 433 g/mol. The minimum absolute atomic E-state index is 0.0846. The van der Waals surface area contributed by atoms with E-state index in [1.165, 1.54) is 14.2 Å². The van der Waals surface area contributed by atoms with E-state index in [2.05, 4.69) is 15.6 Å². The lowest BCUT2D eigenvalue weighted by atomic mass is 10.0. The van der Waals surface area contributed by atoms with Crippen LogP contribution >= 0.6 is 0 Å². The standard InChI is InChI=1S/C23H23N5O4/c1-13-19(14(2)28(26-13)16-8-6-5-7-9-16)21-20(22(24)32-27-21)23(29)25-15-10-17(30-3)12-18(11-15)31-4/h5-12H,24H2,1-4H3,(H,25,29). The molecule has 4 rings (SSSR count). The van der Waals surface area contributed by atoms with Gasteiger partial charge in [0.25, 0.3) is 5.91 Å². The summed E-state index contributed by atoms with van der Waals surface area (Å²) in [7, 11) is 3.07. The van der Waals surface area contributed by atoms with Gasteiger partial charge in [0.2, 0.25) is 5.88 Å². The van der Waals surface area contributed by atoms with Gasteiger partial charge in [-0.1, -0.05) is 23.4 Å². The summed E-state index contributed by atoms with van der Waals surface area (Å²) in [6, 6.07) is 14.8. The number of carbonyl (C=O) groups is 1. The maximum Gasteiger partial charge on any atom is 0.263 e. The molecule has 0 unspecified atom stereocenters. The topological polar surface area (TPSA) is 117 Å². The molecule has 164 valence electrons. The van der Waals surface area contributed by atoms with Crippen molar-refractivity contribution in [2.45, 2.75) is 13.8 Å². The molecule has 2 heterocycles. The van der Waals surface area contributed by atoms with Crippen molar-refractivity contribution in [1.29, 1.82) is 0 Å². The summed E-state index contributed by atoms with van der Waals surface area (Å²) in [5.41, 5.74) is 10.0. The highest BCUT2D eigenvalue weighted by atomic mass is 16.5. The van der Waals surface area contributed by atoms with Crippen LogP contribution in [0.5, 0.6) is 11.5 Å². The van der Waals surface area contributed by atoms with Gasteiger partial charge >= 0.3 is 0 Å². The third-order valence-corrected chi connectivity index (χ3v) is 5.08. The summed E-state index contributed by atoms with van der Waals surface area (Å²) in [6.45, 7) is 3.75. The number of aromatic nitrogens is 3. The van der Waals surface area contributed by atoms with Crippen LogP contribution in [0.1, 0.15) is 21.7 Å². The Morgan fingerprint density at radius 1 is 1.06 bits per heavy atom. The number of para-hydroxylation sites is 1. The smallest absolute Gasteiger partial charge is 0.263 e. The van der Waals surface area contributed by atoms with E-state index in [1.807, 2.05) is 44.2 Å². The van der Waals surface area contributed by atoms with Crippen LogP contribution in [0.25, 0.3) is 16.9 Å². The predicted molar refractivity (Wildman–Crippen MR) is 120 cm³/mol. The van der Waals surface area contributed by atoms with Gasteiger partial charge in [0, 0.05) is 29.4 Å². The van der Waals surface area contributed by atoms with Gasteiger partial charge < -0.3 is 25.0 Å². The summed E-state index contributed by atoms with van der Waals surface area (Å²) < 4.78 is 17.5. The molecule has 0 spiro atoms. The molecule has 0 aliphatic carbocycles. The molecule has 0 aliphatic heterocycles. The molecular formula is C23H23N5O4. The molecule has 0 fully saturated rings. The van der Waals surface area contributed by atoms with Crippen LogP contribution in [-0.4, -0.2) is 35.1 Å². The van der Waals surface area contributed by atoms with Gasteiger partial charge in [-0.05, 0) is 26.0 Å². The first-order chi connectivity index (χ1) is 15.4. The molecule has 0 radical (unpaired) electrons. The van der Waals surface area contributed by atoms with Crippen molar-refractivity contribution in [3.05, 3.63) is 65.5 Å². The second kappa shape index (κ2) is 8.46. The van der Waals surface area contributed by atoms with Crippen molar-refractivity contribution in [3.63, 3.8) is 0 Å². The second-order valence-electron chi connectivity index (χ2n) is 7.12. The largest absolute Gasteiger partial charge is 0.497 e. The Morgan fingerprint density at radius 3 is 2.34 bits per heavy atom. The van der Waals surface area contributed by atoms with Crippen LogP contribution < -0.4 is 20.5 Å². The van der Waals surface area contributed by atoms with Crippen molar-refractivity contribution >= 4 is 17.5 Å². The molecule has 0 bridgehead atoms. The Kier molecular flexibility index (Phi) is 5.55. The van der Waals surface area contributed by atoms with Crippen molar-refractivity contribution in [2.75, 3.05) is 25.3 Å². The first-order valence-electron chi connectivity index (χ1n) is 9.84. The number of hydrogen-bond acceptors (Lipinski definition) is 7. The SMILES string of the molecule is COc1cc(NC(=O)c2c(-c3c(C)nn(-c4ccccc4)c3C)noc2N)cc(OC)c1. The van der Waals surface area contributed by atoms with Gasteiger partial charge in [-0.25, -0.2) is 4.68 Å². The maximum atomic E-state index is 13.2. The quantitative estimate of drug-likeness (QED) is 0.472. The summed E-state index contributed by atoms with van der Waals surface area (Å²) in [6.07, 6.45) is 0. The lowest BCUT2D eigenvalue weighted by Gasteiger charge is -2.10. The number of benzene rings is 2. The summed E-state index contributed by atoms with van der Waals surface area (Å²) in [4.78, 5) is 13.2. The fourth-order valence-corrected chi connectivity index (χ4v) is 3.57. The third-order valence-electron chi connectivity index (χ3n) is 5.08. The normalized spacial score (nSPS) is 10.8. The van der Waals surface area contributed by atoms with Crippen molar-refractivity contribution < 1.29 is 18.8 Å². The molecule has 0 aliphatic rings. The van der Waals surface area contributed by atoms with Gasteiger partial charge in [0.1, 0.15) is 22.8 Å². The van der Waals surface area contributed by atoms with E-state index in [0.29, 0.717) is 34.1 Å². The number of nitrogen functional groups attached to an aromatic ring is 1. The van der Waals surface area contributed by atoms with Crippen molar-refractivity contribution in [2.24, 2.45) is 0 Å². The molecule has 0 saturated carbocycles. The number of nitrogens with zero attached hydrogens (tertiary/aromatic N) is 3. The maximum absolute atomic E-state index is 13.2. The van der Waals surface area contributed by atoms with Crippen molar-refractivity contribution in [3.8, 4) is 28.4 Å². The highest BCUT2D eigenvalue weighted by Crippen LogP contribution is 2.34. The highest BCUT2D eigenvalue weighted by Gasteiger charge is 2.27. The van der Waals surface area contributed by atoms with E-state index in [9.17, 15) is 4.79 Å². The number of ether oxygens (including phenoxy) is 2. The van der Waals surface area contributed by atoms with Crippen LogP contribution in [0.2, 0.25) is 0 Å². The van der Waals surface area contributed by atoms with E-state index in [4.69, 9.17) is 19.7 Å². The van der Waals surface area contributed by atoms with Crippen LogP contribution in [0, 0.1) is 13.8 Å². The Bertz CT molecular complexity index is 1260. The van der Waals surface area contributed by atoms with E-state index >= 15 is 0 Å². The van der Waals surface area contributed by atoms with Crippen LogP contribution in [0.15, 0.2) is 53.1 Å². The van der Waals surface area contributed by atoms with E-state index in [1.54, 1.807) is 22.9 Å². The van der Waals surface area contributed by atoms with Gasteiger partial charge in [-0.15, -0.1) is 0 Å². The van der Waals surface area contributed by atoms with E-state index in [0.717, 1.165) is 11.4 Å². The zero-order valence-corrected chi connectivity index (χ0v) is 18.2. The Hall–Kier alpha value is -4.27. The van der Waals surface area contributed by atoms with Crippen molar-refractivity contribution in [1.82, 2.24) is 14.9 Å². The second-order valence-corrected chi connectivity index (χ2v) is 7.12. The number of carbonyl (C=O) groups excluding carboxylic acids is 1. The Labute approximate surface area is 184 Å². The molecule has 0 saturated heterocycles. The Balaban J connectivity index is 1.74. The molecule has 2 aromatic carbocycles. The fourth-order valence-electron chi connectivity index (χ4n) is 3.57. The molecule has 2 aromatic heterocycles. The third kappa shape index (κ3) is 3.76. The summed E-state index contributed by atoms with van der Waals surface area (Å²) in [5, 5.41) is 11.5. The predicted octanol–water partition coefficient (Wildman–Crippen LogP) is 4.00. The number of methoxy groups -OCH3 is 2. The number of anilines is 2. The van der Waals surface area contributed by atoms with Gasteiger partial charge in [-0.2, -0.15) is 5.10 Å². The number of hydrogen-bond donors (Lipinski definition) is 2. The highest BCUT2D eigenvalue weighted by molar-refractivity contribution is 6.11. The first kappa shape index (κ1) is 21.0. The number of rotatable bonds is 6. The summed E-state index contributed by atoms with van der Waals surface area (Å²) >= 11 is 0. The van der Waals surface area contributed by atoms with Gasteiger partial charge in [0.05, 0.1) is 31.3 Å². The molecule has 4 aromatic rings. The molecule has 1 amide bonds. The van der Waals surface area contributed by atoms with E-state index in [-0.39, 0.29) is 11.4 Å². The molecule has 3 N–H and O–H groups in total. The Morgan fingerprint density at radius 2 is 1.72 bits per heavy atom. The number of nitrogens with one attached hydrogen (secondary N) is 1. The molecule has 9 nitrogen and oxygen atoms in total. The lowest BCUT2D eigenvalue weighted by Crippen LogP contribution is -2.14. The van der Waals surface area contributed by atoms with E-state index < -0.39 is 5.91 Å². The zero-order chi connectivity index (χ0) is 22.8. The number of amides is 1. The lowest BCUT2D eigenvalue weighted by molar-refractivity contribution is 0.102. The minimum atomic E-state index is -0.472.